The number of allylic oxidation sites excluding steroid dienone is 1. The minimum absolute atomic E-state index is 0.0680. The molecule has 2 N–H and O–H groups in total. The van der Waals surface area contributed by atoms with Crippen LogP contribution in [0.25, 0.3) is 0 Å². The van der Waals surface area contributed by atoms with Gasteiger partial charge >= 0.3 is 5.97 Å². The molecule has 4 aliphatic heterocycles. The van der Waals surface area contributed by atoms with Crippen molar-refractivity contribution in [3.8, 4) is 0 Å². The highest BCUT2D eigenvalue weighted by Crippen LogP contribution is 2.59. The summed E-state index contributed by atoms with van der Waals surface area (Å²) in [7, 11) is 1.51. The number of hydrogen-bond acceptors (Lipinski definition) is 8. The number of hydrogen-bond donors (Lipinski definition) is 2. The molecule has 8 atom stereocenters. The van der Waals surface area contributed by atoms with E-state index in [0.717, 1.165) is 19.3 Å². The van der Waals surface area contributed by atoms with Gasteiger partial charge in [0.1, 0.15) is 29.8 Å². The molecule has 3 amide bonds. The Balaban J connectivity index is 1.64. The number of ether oxygens (including phenoxy) is 3. The molecule has 262 valence electrons. The lowest BCUT2D eigenvalue weighted by atomic mass is 9.74. The maximum atomic E-state index is 14.8. The van der Waals surface area contributed by atoms with Gasteiger partial charge in [0.2, 0.25) is 17.7 Å². The van der Waals surface area contributed by atoms with E-state index in [4.69, 9.17) is 14.2 Å². The highest BCUT2D eigenvalue weighted by atomic mass is 79.9. The number of carbonyl (C=O) groups excluding carboxylic acids is 4. The van der Waals surface area contributed by atoms with Crippen LogP contribution in [0, 0.1) is 17.8 Å². The molecule has 5 rings (SSSR count). The highest BCUT2D eigenvalue weighted by Gasteiger charge is 2.75. The summed E-state index contributed by atoms with van der Waals surface area (Å²) >= 11 is 3.61. The first kappa shape index (κ1) is 36.2. The van der Waals surface area contributed by atoms with Gasteiger partial charge in [0, 0.05) is 31.1 Å². The van der Waals surface area contributed by atoms with Crippen molar-refractivity contribution in [2.45, 2.75) is 88.8 Å². The van der Waals surface area contributed by atoms with Crippen LogP contribution in [0.5, 0.6) is 0 Å². The normalized spacial score (nSPS) is 32.3. The van der Waals surface area contributed by atoms with Crippen LogP contribution in [-0.4, -0.2) is 102 Å². The fraction of sp³-hybridized carbons (Fsp3) is 0.611. The first-order valence-electron chi connectivity index (χ1n) is 17.1. The number of methoxy groups -OCH3 is 1. The van der Waals surface area contributed by atoms with Crippen molar-refractivity contribution in [1.29, 1.82) is 0 Å². The SMILES string of the molecule is CCCCCN1C/C=C\CCC(=O)N[C@@H](COC)[C@H](c2ccccc2)OC(=O)[C@H]2[C@@H]3O[C@@]4(C=C3Br)[C@@H]2C(=O)N([C@@H](CO)C(C)C)[C@@H]4C1=O. The van der Waals surface area contributed by atoms with Gasteiger partial charge in [-0.15, -0.1) is 0 Å². The van der Waals surface area contributed by atoms with E-state index >= 15 is 0 Å². The lowest BCUT2D eigenvalue weighted by Crippen LogP contribution is -2.59. The first-order chi connectivity index (χ1) is 23.1. The Bertz CT molecular complexity index is 1400. The number of halogens is 1. The second-order valence-corrected chi connectivity index (χ2v) is 14.4. The van der Waals surface area contributed by atoms with Crippen molar-refractivity contribution in [2.24, 2.45) is 17.8 Å². The number of benzene rings is 1. The van der Waals surface area contributed by atoms with Crippen LogP contribution in [0.2, 0.25) is 0 Å². The highest BCUT2D eigenvalue weighted by molar-refractivity contribution is 9.11. The number of likely N-dealkylation sites (tertiary alicyclic amines) is 1. The van der Waals surface area contributed by atoms with Gasteiger partial charge in [-0.2, -0.15) is 0 Å². The lowest BCUT2D eigenvalue weighted by molar-refractivity contribution is -0.163. The van der Waals surface area contributed by atoms with Crippen molar-refractivity contribution in [2.75, 3.05) is 33.4 Å². The summed E-state index contributed by atoms with van der Waals surface area (Å²) in [6.07, 6.45) is 7.02. The Morgan fingerprint density at radius 3 is 2.50 bits per heavy atom. The molecule has 1 aromatic carbocycles. The predicted octanol–water partition coefficient (Wildman–Crippen LogP) is 3.66. The fourth-order valence-electron chi connectivity index (χ4n) is 7.63. The Labute approximate surface area is 291 Å². The number of esters is 1. The van der Waals surface area contributed by atoms with Crippen LogP contribution in [-0.2, 0) is 33.4 Å². The summed E-state index contributed by atoms with van der Waals surface area (Å²) < 4.78 is 19.0. The number of aliphatic hydroxyl groups is 1. The van der Waals surface area contributed by atoms with Crippen LogP contribution in [0.1, 0.15) is 64.5 Å². The minimum atomic E-state index is -1.45. The molecule has 0 radical (unpaired) electrons. The van der Waals surface area contributed by atoms with Gasteiger partial charge in [-0.1, -0.05) is 92.0 Å². The third-order valence-corrected chi connectivity index (χ3v) is 10.7. The van der Waals surface area contributed by atoms with E-state index in [1.54, 1.807) is 11.0 Å². The van der Waals surface area contributed by atoms with E-state index in [9.17, 15) is 24.3 Å². The second kappa shape index (κ2) is 15.7. The van der Waals surface area contributed by atoms with Gasteiger partial charge in [-0.05, 0) is 30.4 Å². The van der Waals surface area contributed by atoms with Gasteiger partial charge in [0.15, 0.2) is 0 Å². The van der Waals surface area contributed by atoms with Crippen molar-refractivity contribution in [1.82, 2.24) is 15.1 Å². The van der Waals surface area contributed by atoms with Crippen LogP contribution in [0.3, 0.4) is 0 Å². The zero-order chi connectivity index (χ0) is 34.6. The van der Waals surface area contributed by atoms with E-state index in [0.29, 0.717) is 23.0 Å². The molecule has 4 heterocycles. The summed E-state index contributed by atoms with van der Waals surface area (Å²) in [6.45, 7) is 6.32. The molecule has 48 heavy (non-hydrogen) atoms. The summed E-state index contributed by atoms with van der Waals surface area (Å²) in [5.74, 6) is -3.98. The van der Waals surface area contributed by atoms with Crippen LogP contribution in [0.15, 0.2) is 53.0 Å². The largest absolute Gasteiger partial charge is 0.455 e. The van der Waals surface area contributed by atoms with Crippen molar-refractivity contribution < 1.29 is 38.5 Å². The van der Waals surface area contributed by atoms with E-state index < -0.39 is 59.6 Å². The second-order valence-electron chi connectivity index (χ2n) is 13.5. The number of amides is 3. The molecule has 12 heteroatoms. The van der Waals surface area contributed by atoms with E-state index in [2.05, 4.69) is 28.2 Å². The Morgan fingerprint density at radius 1 is 1.08 bits per heavy atom. The summed E-state index contributed by atoms with van der Waals surface area (Å²) in [5.41, 5.74) is -0.804. The first-order valence-corrected chi connectivity index (χ1v) is 17.8. The van der Waals surface area contributed by atoms with E-state index in [-0.39, 0.29) is 43.9 Å². The smallest absolute Gasteiger partial charge is 0.313 e. The predicted molar refractivity (Wildman–Crippen MR) is 182 cm³/mol. The maximum Gasteiger partial charge on any atom is 0.313 e. The number of nitrogens with one attached hydrogen (secondary N) is 1. The van der Waals surface area contributed by atoms with Crippen molar-refractivity contribution >= 4 is 39.6 Å². The Kier molecular flexibility index (Phi) is 11.8. The molecule has 2 saturated heterocycles. The summed E-state index contributed by atoms with van der Waals surface area (Å²) in [4.78, 5) is 60.3. The van der Waals surface area contributed by atoms with Gasteiger partial charge in [-0.3, -0.25) is 19.2 Å². The van der Waals surface area contributed by atoms with E-state index in [1.165, 1.54) is 12.0 Å². The van der Waals surface area contributed by atoms with Crippen molar-refractivity contribution in [3.05, 3.63) is 58.6 Å². The zero-order valence-electron chi connectivity index (χ0n) is 28.2. The number of nitrogens with zero attached hydrogens (tertiary/aromatic N) is 2. The van der Waals surface area contributed by atoms with Gasteiger partial charge in [-0.25, -0.2) is 0 Å². The number of fused-ring (bicyclic) bond motifs is 2. The van der Waals surface area contributed by atoms with E-state index in [1.807, 2.05) is 56.3 Å². The number of aliphatic hydroxyl groups excluding tert-OH is 1. The number of carbonyl (C=O) groups is 4. The molecule has 0 unspecified atom stereocenters. The van der Waals surface area contributed by atoms with Crippen molar-refractivity contribution in [3.63, 3.8) is 0 Å². The van der Waals surface area contributed by atoms with Gasteiger partial charge in [0.05, 0.1) is 31.2 Å². The Hall–Kier alpha value is -3.06. The lowest BCUT2D eigenvalue weighted by Gasteiger charge is -2.40. The third-order valence-electron chi connectivity index (χ3n) is 9.99. The average Bonchev–Trinajstić information content (AvgIpc) is 3.65. The van der Waals surface area contributed by atoms with Gasteiger partial charge in [0.25, 0.3) is 0 Å². The number of cyclic esters (lactones) is 1. The molecular weight excluding hydrogens is 682 g/mol. The minimum Gasteiger partial charge on any atom is -0.455 e. The molecule has 1 spiro atoms. The molecular formula is C36H48BrN3O8. The quantitative estimate of drug-likeness (QED) is 0.212. The molecule has 2 fully saturated rings. The molecule has 4 aliphatic rings. The summed E-state index contributed by atoms with van der Waals surface area (Å²) in [5, 5.41) is 13.6. The van der Waals surface area contributed by atoms with Gasteiger partial charge < -0.3 is 34.4 Å². The molecule has 0 saturated carbocycles. The Morgan fingerprint density at radius 2 is 1.83 bits per heavy atom. The van der Waals surface area contributed by atoms with Crippen LogP contribution in [0.4, 0.5) is 0 Å². The molecule has 5 bridgehead atoms. The zero-order valence-corrected chi connectivity index (χ0v) is 29.8. The topological polar surface area (TPSA) is 135 Å². The molecule has 1 aromatic rings. The average molecular weight is 731 g/mol. The third kappa shape index (κ3) is 6.86. The summed E-state index contributed by atoms with van der Waals surface area (Å²) in [6, 6.07) is 6.59. The monoisotopic (exact) mass is 729 g/mol. The fourth-order valence-corrected chi connectivity index (χ4v) is 8.36. The van der Waals surface area contributed by atoms with Crippen LogP contribution < -0.4 is 5.32 Å². The number of unbranched alkanes of at least 4 members (excludes halogenated alkanes) is 2. The maximum absolute atomic E-state index is 14.8. The standard InChI is InChI=1S/C36H48BrN3O8/c1-5-6-12-17-39-18-13-8-11-16-27(42)38-25(21-46-4)30(23-14-9-7-10-15-23)47-35(45)28-29-33(43)40(26(20-41)22(2)3)32(34(39)44)36(29)19-24(37)31(28)48-36/h7-10,13-15,19,22,25-26,28-32,41H,5-6,11-12,16-18,20-21H2,1-4H3,(H,38,42)/b13-8-/t25-,26-,28+,29-,30-,31+,32+,36-/m0/s1. The van der Waals surface area contributed by atoms with Crippen LogP contribution >= 0.6 is 15.9 Å². The number of rotatable bonds is 10. The molecule has 0 aliphatic carbocycles. The molecule has 11 nitrogen and oxygen atoms in total. The molecule has 0 aromatic heterocycles.